The fraction of sp³-hybridized carbons (Fsp3) is 0.429. The van der Waals surface area contributed by atoms with Crippen LogP contribution in [0.25, 0.3) is 0 Å². The van der Waals surface area contributed by atoms with Crippen LogP contribution in [0.2, 0.25) is 0 Å². The quantitative estimate of drug-likeness (QED) is 0.462. The average molecular weight is 142 g/mol. The maximum absolute atomic E-state index is 8.95. The molecule has 56 valence electrons. The largest absolute Gasteiger partial charge is 0.473 e. The third kappa shape index (κ3) is 2.55. The SMILES string of the molecule is C=COC(O)CCC1=CO1. The van der Waals surface area contributed by atoms with Crippen LogP contribution in [0.4, 0.5) is 0 Å². The predicted octanol–water partition coefficient (Wildman–Crippen LogP) is 1.12. The number of ether oxygens (including phenoxy) is 2. The highest BCUT2D eigenvalue weighted by Crippen LogP contribution is 2.20. The van der Waals surface area contributed by atoms with Gasteiger partial charge in [-0.05, 0) is 0 Å². The maximum atomic E-state index is 8.95. The van der Waals surface area contributed by atoms with Gasteiger partial charge in [0.1, 0.15) is 12.0 Å². The van der Waals surface area contributed by atoms with Crippen molar-refractivity contribution in [2.24, 2.45) is 0 Å². The molecule has 3 nitrogen and oxygen atoms in total. The lowest BCUT2D eigenvalue weighted by molar-refractivity contribution is -0.0556. The van der Waals surface area contributed by atoms with Gasteiger partial charge in [-0.25, -0.2) is 0 Å². The van der Waals surface area contributed by atoms with E-state index in [4.69, 9.17) is 9.84 Å². The van der Waals surface area contributed by atoms with E-state index in [1.165, 1.54) is 6.26 Å². The second kappa shape index (κ2) is 3.27. The molecule has 1 unspecified atom stereocenters. The first-order chi connectivity index (χ1) is 4.83. The normalized spacial score (nSPS) is 16.7. The summed E-state index contributed by atoms with van der Waals surface area (Å²) in [6, 6.07) is 0. The van der Waals surface area contributed by atoms with E-state index < -0.39 is 6.29 Å². The van der Waals surface area contributed by atoms with Crippen LogP contribution in [0.3, 0.4) is 0 Å². The van der Waals surface area contributed by atoms with Crippen LogP contribution in [0.5, 0.6) is 0 Å². The Kier molecular flexibility index (Phi) is 2.34. The van der Waals surface area contributed by atoms with Crippen molar-refractivity contribution in [2.45, 2.75) is 19.1 Å². The summed E-state index contributed by atoms with van der Waals surface area (Å²) in [5.74, 6) is 0.923. The molecule has 0 aromatic rings. The summed E-state index contributed by atoms with van der Waals surface area (Å²) in [6.07, 6.45) is 3.42. The summed E-state index contributed by atoms with van der Waals surface area (Å²) >= 11 is 0. The number of rotatable bonds is 5. The van der Waals surface area contributed by atoms with Crippen molar-refractivity contribution in [1.29, 1.82) is 0 Å². The Bertz CT molecular complexity index is 151. The van der Waals surface area contributed by atoms with E-state index in [9.17, 15) is 0 Å². The Morgan fingerprint density at radius 3 is 3.10 bits per heavy atom. The van der Waals surface area contributed by atoms with Crippen molar-refractivity contribution in [1.82, 2.24) is 0 Å². The minimum Gasteiger partial charge on any atom is -0.473 e. The fourth-order valence-electron chi connectivity index (χ4n) is 0.604. The molecule has 1 heterocycles. The number of aliphatic hydroxyl groups is 1. The molecule has 0 bridgehead atoms. The van der Waals surface area contributed by atoms with Gasteiger partial charge in [0, 0.05) is 12.8 Å². The van der Waals surface area contributed by atoms with Gasteiger partial charge in [-0.1, -0.05) is 6.58 Å². The number of allylic oxidation sites excluding steroid dienone is 1. The first-order valence-electron chi connectivity index (χ1n) is 3.13. The lowest BCUT2D eigenvalue weighted by atomic mass is 10.3. The van der Waals surface area contributed by atoms with Crippen molar-refractivity contribution in [3.05, 3.63) is 24.9 Å². The number of hydrogen-bond acceptors (Lipinski definition) is 3. The Balaban J connectivity index is 1.99. The Hall–Kier alpha value is -0.960. The average Bonchev–Trinajstić information content (AvgIpc) is 2.67. The van der Waals surface area contributed by atoms with Crippen molar-refractivity contribution in [2.75, 3.05) is 0 Å². The molecule has 0 saturated heterocycles. The second-order valence-electron chi connectivity index (χ2n) is 2.00. The zero-order valence-corrected chi connectivity index (χ0v) is 5.62. The minimum absolute atomic E-state index is 0.553. The molecule has 0 spiro atoms. The summed E-state index contributed by atoms with van der Waals surface area (Å²) in [7, 11) is 0. The molecule has 0 fully saturated rings. The fourth-order valence-corrected chi connectivity index (χ4v) is 0.604. The van der Waals surface area contributed by atoms with E-state index in [1.54, 1.807) is 6.26 Å². The second-order valence-corrected chi connectivity index (χ2v) is 2.00. The molecule has 0 aromatic carbocycles. The Morgan fingerprint density at radius 2 is 2.60 bits per heavy atom. The molecule has 10 heavy (non-hydrogen) atoms. The predicted molar refractivity (Wildman–Crippen MR) is 35.7 cm³/mol. The molecule has 1 atom stereocenters. The van der Waals surface area contributed by atoms with Crippen molar-refractivity contribution in [3.63, 3.8) is 0 Å². The van der Waals surface area contributed by atoms with Gasteiger partial charge in [-0.2, -0.15) is 0 Å². The van der Waals surface area contributed by atoms with E-state index in [0.29, 0.717) is 6.42 Å². The van der Waals surface area contributed by atoms with Gasteiger partial charge in [-0.3, -0.25) is 0 Å². The maximum Gasteiger partial charge on any atom is 0.196 e. The zero-order valence-electron chi connectivity index (χ0n) is 5.62. The Morgan fingerprint density at radius 1 is 1.90 bits per heavy atom. The molecule has 0 aliphatic carbocycles. The molecule has 1 aliphatic heterocycles. The number of hydrogen-bond donors (Lipinski definition) is 1. The molecule has 1 N–H and O–H groups in total. The zero-order chi connectivity index (χ0) is 7.40. The third-order valence-corrected chi connectivity index (χ3v) is 1.18. The van der Waals surface area contributed by atoms with Crippen LogP contribution in [-0.4, -0.2) is 11.4 Å². The van der Waals surface area contributed by atoms with Crippen molar-refractivity contribution in [3.8, 4) is 0 Å². The molecular formula is C7H10O3. The van der Waals surface area contributed by atoms with E-state index >= 15 is 0 Å². The van der Waals surface area contributed by atoms with E-state index in [0.717, 1.165) is 12.2 Å². The molecule has 1 aliphatic rings. The summed E-state index contributed by atoms with van der Waals surface area (Å²) in [4.78, 5) is 0. The lowest BCUT2D eigenvalue weighted by Crippen LogP contribution is -2.06. The topological polar surface area (TPSA) is 42.0 Å². The van der Waals surface area contributed by atoms with Crippen molar-refractivity contribution < 1.29 is 14.6 Å². The van der Waals surface area contributed by atoms with Gasteiger partial charge in [0.05, 0.1) is 6.26 Å². The third-order valence-electron chi connectivity index (χ3n) is 1.18. The van der Waals surface area contributed by atoms with E-state index in [2.05, 4.69) is 11.3 Å². The number of aliphatic hydroxyl groups excluding tert-OH is 1. The van der Waals surface area contributed by atoms with Gasteiger partial charge in [0.25, 0.3) is 0 Å². The molecule has 0 aromatic heterocycles. The summed E-state index contributed by atoms with van der Waals surface area (Å²) < 4.78 is 9.39. The van der Waals surface area contributed by atoms with Crippen LogP contribution in [0.1, 0.15) is 12.8 Å². The molecule has 0 saturated carbocycles. The van der Waals surface area contributed by atoms with Crippen LogP contribution < -0.4 is 0 Å². The molecule has 0 radical (unpaired) electrons. The smallest absolute Gasteiger partial charge is 0.196 e. The van der Waals surface area contributed by atoms with Gasteiger partial charge >= 0.3 is 0 Å². The van der Waals surface area contributed by atoms with E-state index in [-0.39, 0.29) is 0 Å². The standard InChI is InChI=1S/C7H10O3/c1-2-9-7(8)4-3-6-5-10-6/h2,5,7-8H,1,3-4H2. The summed E-state index contributed by atoms with van der Waals surface area (Å²) in [6.45, 7) is 3.32. The highest BCUT2D eigenvalue weighted by atomic mass is 16.6. The monoisotopic (exact) mass is 142 g/mol. The molecule has 3 heteroatoms. The van der Waals surface area contributed by atoms with Crippen LogP contribution in [0, 0.1) is 0 Å². The first kappa shape index (κ1) is 7.15. The van der Waals surface area contributed by atoms with Gasteiger partial charge in [0.15, 0.2) is 6.29 Å². The first-order valence-corrected chi connectivity index (χ1v) is 3.13. The minimum atomic E-state index is -0.748. The van der Waals surface area contributed by atoms with Crippen LogP contribution in [-0.2, 0) is 9.47 Å². The molecule has 1 rings (SSSR count). The van der Waals surface area contributed by atoms with Gasteiger partial charge in [0.2, 0.25) is 0 Å². The van der Waals surface area contributed by atoms with Gasteiger partial charge in [-0.15, -0.1) is 0 Å². The highest BCUT2D eigenvalue weighted by Gasteiger charge is 2.12. The molecular weight excluding hydrogens is 132 g/mol. The van der Waals surface area contributed by atoms with Crippen molar-refractivity contribution >= 4 is 0 Å². The summed E-state index contributed by atoms with van der Waals surface area (Å²) in [5, 5.41) is 8.95. The summed E-state index contributed by atoms with van der Waals surface area (Å²) in [5.41, 5.74) is 0. The highest BCUT2D eigenvalue weighted by molar-refractivity contribution is 5.01. The lowest BCUT2D eigenvalue weighted by Gasteiger charge is -2.06. The van der Waals surface area contributed by atoms with E-state index in [1.807, 2.05) is 0 Å². The molecule has 0 amide bonds. The Labute approximate surface area is 59.6 Å². The van der Waals surface area contributed by atoms with Gasteiger partial charge < -0.3 is 14.6 Å². The van der Waals surface area contributed by atoms with Crippen LogP contribution in [0.15, 0.2) is 24.9 Å². The van der Waals surface area contributed by atoms with Crippen LogP contribution >= 0.6 is 0 Å².